The third-order valence-electron chi connectivity index (χ3n) is 3.75. The van der Waals surface area contributed by atoms with Crippen LogP contribution in [0.15, 0.2) is 30.3 Å². The smallest absolute Gasteiger partial charge is 0.150 e. The number of aldehydes is 1. The Morgan fingerprint density at radius 2 is 1.44 bits per heavy atom. The molecular weight excluding hydrogens is 220 g/mol. The molecular formula is C17H18O. The first-order valence-corrected chi connectivity index (χ1v) is 6.18. The second-order valence-corrected chi connectivity index (χ2v) is 4.83. The zero-order valence-corrected chi connectivity index (χ0v) is 11.4. The van der Waals surface area contributed by atoms with Gasteiger partial charge in [0, 0.05) is 5.56 Å². The number of carbonyl (C=O) groups is 1. The van der Waals surface area contributed by atoms with Gasteiger partial charge in [-0.15, -0.1) is 0 Å². The fourth-order valence-corrected chi connectivity index (χ4v) is 2.38. The van der Waals surface area contributed by atoms with E-state index < -0.39 is 0 Å². The van der Waals surface area contributed by atoms with Crippen LogP contribution in [0.4, 0.5) is 0 Å². The summed E-state index contributed by atoms with van der Waals surface area (Å²) in [6.07, 6.45) is 0.958. The minimum Gasteiger partial charge on any atom is -0.298 e. The summed E-state index contributed by atoms with van der Waals surface area (Å²) in [5.74, 6) is 0. The van der Waals surface area contributed by atoms with Gasteiger partial charge in [0.05, 0.1) is 0 Å². The standard InChI is InChI=1S/C17H18O/c1-11-6-5-7-15(13(11)3)16-9-8-12(2)17(10-18)14(16)4/h5-10H,1-4H3. The highest BCUT2D eigenvalue weighted by Gasteiger charge is 2.10. The van der Waals surface area contributed by atoms with Crippen LogP contribution >= 0.6 is 0 Å². The summed E-state index contributed by atoms with van der Waals surface area (Å²) < 4.78 is 0. The Morgan fingerprint density at radius 3 is 2.11 bits per heavy atom. The number of benzene rings is 2. The van der Waals surface area contributed by atoms with Crippen molar-refractivity contribution in [2.24, 2.45) is 0 Å². The topological polar surface area (TPSA) is 17.1 Å². The minimum atomic E-state index is 0.813. The van der Waals surface area contributed by atoms with Crippen molar-refractivity contribution < 1.29 is 4.79 Å². The van der Waals surface area contributed by atoms with Crippen molar-refractivity contribution in [3.63, 3.8) is 0 Å². The summed E-state index contributed by atoms with van der Waals surface area (Å²) in [7, 11) is 0. The lowest BCUT2D eigenvalue weighted by atomic mass is 9.90. The van der Waals surface area contributed by atoms with Crippen LogP contribution in [0, 0.1) is 27.7 Å². The molecule has 0 amide bonds. The van der Waals surface area contributed by atoms with Crippen LogP contribution in [0.2, 0.25) is 0 Å². The molecule has 0 spiro atoms. The first-order chi connectivity index (χ1) is 8.56. The Balaban J connectivity index is 2.72. The van der Waals surface area contributed by atoms with E-state index in [1.54, 1.807) is 0 Å². The molecule has 0 aromatic heterocycles. The van der Waals surface area contributed by atoms with Crippen LogP contribution in [0.1, 0.15) is 32.6 Å². The van der Waals surface area contributed by atoms with Gasteiger partial charge in [-0.3, -0.25) is 4.79 Å². The Labute approximate surface area is 108 Å². The number of hydrogen-bond acceptors (Lipinski definition) is 1. The van der Waals surface area contributed by atoms with E-state index in [1.165, 1.54) is 16.7 Å². The van der Waals surface area contributed by atoms with E-state index in [0.29, 0.717) is 0 Å². The SMILES string of the molecule is Cc1cccc(-c2ccc(C)c(C=O)c2C)c1C. The molecule has 0 unspecified atom stereocenters. The Bertz CT molecular complexity index is 609. The van der Waals surface area contributed by atoms with Crippen molar-refractivity contribution in [2.45, 2.75) is 27.7 Å². The van der Waals surface area contributed by atoms with Crippen LogP contribution < -0.4 is 0 Å². The molecule has 0 saturated carbocycles. The molecule has 0 bridgehead atoms. The van der Waals surface area contributed by atoms with E-state index in [4.69, 9.17) is 0 Å². The molecule has 2 aromatic carbocycles. The summed E-state index contributed by atoms with van der Waals surface area (Å²) in [5.41, 5.74) is 7.85. The van der Waals surface area contributed by atoms with Crippen LogP contribution in [-0.2, 0) is 0 Å². The highest BCUT2D eigenvalue weighted by atomic mass is 16.1. The third kappa shape index (κ3) is 1.97. The zero-order chi connectivity index (χ0) is 13.3. The Hall–Kier alpha value is -1.89. The van der Waals surface area contributed by atoms with Gasteiger partial charge in [0.25, 0.3) is 0 Å². The first kappa shape index (κ1) is 12.6. The summed E-state index contributed by atoms with van der Waals surface area (Å²) in [4.78, 5) is 11.2. The second kappa shape index (κ2) is 4.77. The predicted molar refractivity (Wildman–Crippen MR) is 76.2 cm³/mol. The van der Waals surface area contributed by atoms with E-state index in [1.807, 2.05) is 19.9 Å². The van der Waals surface area contributed by atoms with Crippen molar-refractivity contribution in [1.82, 2.24) is 0 Å². The van der Waals surface area contributed by atoms with E-state index in [-0.39, 0.29) is 0 Å². The highest BCUT2D eigenvalue weighted by molar-refractivity contribution is 5.85. The van der Waals surface area contributed by atoms with Crippen LogP contribution in [0.3, 0.4) is 0 Å². The molecule has 0 aliphatic heterocycles. The molecule has 1 nitrogen and oxygen atoms in total. The van der Waals surface area contributed by atoms with Gasteiger partial charge in [0.2, 0.25) is 0 Å². The molecule has 0 aliphatic carbocycles. The van der Waals surface area contributed by atoms with Crippen molar-refractivity contribution in [3.8, 4) is 11.1 Å². The maximum atomic E-state index is 11.2. The number of hydrogen-bond donors (Lipinski definition) is 0. The van der Waals surface area contributed by atoms with E-state index in [0.717, 1.165) is 28.5 Å². The quantitative estimate of drug-likeness (QED) is 0.709. The van der Waals surface area contributed by atoms with Gasteiger partial charge in [-0.25, -0.2) is 0 Å². The fraction of sp³-hybridized carbons (Fsp3) is 0.235. The average molecular weight is 238 g/mol. The fourth-order valence-electron chi connectivity index (χ4n) is 2.38. The maximum Gasteiger partial charge on any atom is 0.150 e. The van der Waals surface area contributed by atoms with Gasteiger partial charge >= 0.3 is 0 Å². The van der Waals surface area contributed by atoms with Crippen molar-refractivity contribution in [3.05, 3.63) is 58.1 Å². The molecule has 0 radical (unpaired) electrons. The van der Waals surface area contributed by atoms with Gasteiger partial charge in [0.15, 0.2) is 6.29 Å². The molecule has 0 fully saturated rings. The monoisotopic (exact) mass is 238 g/mol. The molecule has 92 valence electrons. The average Bonchev–Trinajstić information content (AvgIpc) is 2.34. The van der Waals surface area contributed by atoms with E-state index in [9.17, 15) is 4.79 Å². The Kier molecular flexibility index (Phi) is 3.33. The summed E-state index contributed by atoms with van der Waals surface area (Å²) in [6, 6.07) is 10.4. The molecule has 0 N–H and O–H groups in total. The van der Waals surface area contributed by atoms with Crippen LogP contribution in [0.5, 0.6) is 0 Å². The van der Waals surface area contributed by atoms with E-state index >= 15 is 0 Å². The molecule has 1 heteroatoms. The van der Waals surface area contributed by atoms with Crippen LogP contribution in [0.25, 0.3) is 11.1 Å². The molecule has 2 aromatic rings. The van der Waals surface area contributed by atoms with Gasteiger partial charge in [-0.05, 0) is 61.1 Å². The van der Waals surface area contributed by atoms with Gasteiger partial charge in [-0.1, -0.05) is 30.3 Å². The predicted octanol–water partition coefficient (Wildman–Crippen LogP) is 4.40. The lowest BCUT2D eigenvalue weighted by Gasteiger charge is -2.14. The van der Waals surface area contributed by atoms with Crippen molar-refractivity contribution >= 4 is 6.29 Å². The lowest BCUT2D eigenvalue weighted by Crippen LogP contribution is -1.96. The molecule has 18 heavy (non-hydrogen) atoms. The Morgan fingerprint density at radius 1 is 0.778 bits per heavy atom. The summed E-state index contributed by atoms with van der Waals surface area (Å²) in [5, 5.41) is 0. The molecule has 2 rings (SSSR count). The molecule has 0 atom stereocenters. The van der Waals surface area contributed by atoms with Gasteiger partial charge in [0.1, 0.15) is 0 Å². The van der Waals surface area contributed by atoms with Crippen LogP contribution in [-0.4, -0.2) is 6.29 Å². The zero-order valence-electron chi connectivity index (χ0n) is 11.4. The van der Waals surface area contributed by atoms with Gasteiger partial charge in [-0.2, -0.15) is 0 Å². The summed E-state index contributed by atoms with van der Waals surface area (Å²) in [6.45, 7) is 8.24. The lowest BCUT2D eigenvalue weighted by molar-refractivity contribution is 0.112. The summed E-state index contributed by atoms with van der Waals surface area (Å²) >= 11 is 0. The first-order valence-electron chi connectivity index (χ1n) is 6.18. The molecule has 0 aliphatic rings. The minimum absolute atomic E-state index is 0.813. The molecule has 0 saturated heterocycles. The number of aryl methyl sites for hydroxylation is 2. The molecule has 0 heterocycles. The highest BCUT2D eigenvalue weighted by Crippen LogP contribution is 2.30. The van der Waals surface area contributed by atoms with Crippen molar-refractivity contribution in [2.75, 3.05) is 0 Å². The largest absolute Gasteiger partial charge is 0.298 e. The van der Waals surface area contributed by atoms with Gasteiger partial charge < -0.3 is 0 Å². The maximum absolute atomic E-state index is 11.2. The number of carbonyl (C=O) groups excluding carboxylic acids is 1. The third-order valence-corrected chi connectivity index (χ3v) is 3.75. The normalized spacial score (nSPS) is 10.4. The van der Waals surface area contributed by atoms with E-state index in [2.05, 4.69) is 38.1 Å². The second-order valence-electron chi connectivity index (χ2n) is 4.83. The van der Waals surface area contributed by atoms with Crippen molar-refractivity contribution in [1.29, 1.82) is 0 Å². The number of rotatable bonds is 2.